The molecule has 1 aromatic carbocycles. The average Bonchev–Trinajstić information content (AvgIpc) is 2.72. The fraction of sp³-hybridized carbons (Fsp3) is 0.704. The Morgan fingerprint density at radius 3 is 1.79 bits per heavy atom. The zero-order valence-corrected chi connectivity index (χ0v) is 20.4. The standard InChI is InChI=1S/C27H47N.ClH/c1-5-9-12-15-20-25-21-16-17-22-26(25)27(28-8-4,23-18-13-10-6-2)24-19-14-11-7-3;/h8,16-17,21-22,28H,4-7,9-15,18-20,23-24H2,1-3H3;1H. The SMILES string of the molecule is C=C[NH2+]C(CCCCCC)(CCCCCC)c1ccccc1CCCCCC.[Cl-]. The van der Waals surface area contributed by atoms with Crippen molar-refractivity contribution in [2.75, 3.05) is 0 Å². The molecule has 0 aliphatic rings. The van der Waals surface area contributed by atoms with Crippen LogP contribution in [0.25, 0.3) is 0 Å². The first-order chi connectivity index (χ1) is 13.7. The summed E-state index contributed by atoms with van der Waals surface area (Å²) >= 11 is 0. The van der Waals surface area contributed by atoms with Gasteiger partial charge in [-0.3, -0.25) is 0 Å². The predicted octanol–water partition coefficient (Wildman–Crippen LogP) is 4.66. The van der Waals surface area contributed by atoms with Gasteiger partial charge in [-0.2, -0.15) is 0 Å². The minimum atomic E-state index is 0. The molecule has 0 bridgehead atoms. The number of rotatable bonds is 18. The molecule has 1 nitrogen and oxygen atoms in total. The molecule has 0 aromatic heterocycles. The maximum atomic E-state index is 4.12. The van der Waals surface area contributed by atoms with Crippen molar-refractivity contribution < 1.29 is 17.7 Å². The van der Waals surface area contributed by atoms with Gasteiger partial charge in [0.15, 0.2) is 0 Å². The Labute approximate surface area is 188 Å². The van der Waals surface area contributed by atoms with E-state index in [1.54, 1.807) is 11.1 Å². The molecule has 0 aliphatic carbocycles. The van der Waals surface area contributed by atoms with Crippen molar-refractivity contribution in [3.05, 3.63) is 48.2 Å². The summed E-state index contributed by atoms with van der Waals surface area (Å²) in [6.07, 6.45) is 21.9. The van der Waals surface area contributed by atoms with Gasteiger partial charge in [0.2, 0.25) is 0 Å². The molecule has 0 fully saturated rings. The Morgan fingerprint density at radius 2 is 1.28 bits per heavy atom. The smallest absolute Gasteiger partial charge is 0.126 e. The predicted molar refractivity (Wildman–Crippen MR) is 126 cm³/mol. The summed E-state index contributed by atoms with van der Waals surface area (Å²) in [6, 6.07) is 9.32. The van der Waals surface area contributed by atoms with E-state index in [-0.39, 0.29) is 17.9 Å². The first-order valence-electron chi connectivity index (χ1n) is 12.3. The number of hydrogen-bond acceptors (Lipinski definition) is 0. The molecule has 0 saturated heterocycles. The maximum absolute atomic E-state index is 4.12. The molecule has 0 amide bonds. The second kappa shape index (κ2) is 18.0. The van der Waals surface area contributed by atoms with Gasteiger partial charge in [-0.1, -0.05) is 103 Å². The van der Waals surface area contributed by atoms with Crippen LogP contribution >= 0.6 is 0 Å². The van der Waals surface area contributed by atoms with Gasteiger partial charge in [-0.25, -0.2) is 0 Å². The van der Waals surface area contributed by atoms with Crippen LogP contribution in [0.4, 0.5) is 0 Å². The minimum Gasteiger partial charge on any atom is -1.00 e. The highest BCUT2D eigenvalue weighted by atomic mass is 35.5. The third kappa shape index (κ3) is 10.7. The summed E-state index contributed by atoms with van der Waals surface area (Å²) in [6.45, 7) is 11.0. The number of hydrogen-bond donors (Lipinski definition) is 1. The summed E-state index contributed by atoms with van der Waals surface area (Å²) in [4.78, 5) is 0. The fourth-order valence-electron chi connectivity index (χ4n) is 4.58. The molecule has 0 saturated carbocycles. The molecular weight excluding hydrogens is 374 g/mol. The Kier molecular flexibility index (Phi) is 17.5. The Morgan fingerprint density at radius 1 is 0.759 bits per heavy atom. The number of nitrogens with two attached hydrogens (primary N) is 1. The second-order valence-corrected chi connectivity index (χ2v) is 8.65. The van der Waals surface area contributed by atoms with Crippen molar-refractivity contribution in [3.63, 3.8) is 0 Å². The van der Waals surface area contributed by atoms with Crippen LogP contribution in [0.15, 0.2) is 37.0 Å². The monoisotopic (exact) mass is 421 g/mol. The van der Waals surface area contributed by atoms with E-state index in [0.717, 1.165) is 0 Å². The quantitative estimate of drug-likeness (QED) is 0.332. The van der Waals surface area contributed by atoms with E-state index >= 15 is 0 Å². The zero-order valence-electron chi connectivity index (χ0n) is 19.7. The van der Waals surface area contributed by atoms with Crippen LogP contribution in [-0.4, -0.2) is 0 Å². The van der Waals surface area contributed by atoms with Gasteiger partial charge >= 0.3 is 0 Å². The number of halogens is 1. The number of aryl methyl sites for hydroxylation is 1. The molecule has 2 N–H and O–H groups in total. The normalized spacial score (nSPS) is 11.3. The van der Waals surface area contributed by atoms with Gasteiger partial charge in [0.25, 0.3) is 0 Å². The van der Waals surface area contributed by atoms with Crippen LogP contribution < -0.4 is 17.7 Å². The van der Waals surface area contributed by atoms with Crippen molar-refractivity contribution in [2.24, 2.45) is 0 Å². The highest BCUT2D eigenvalue weighted by Crippen LogP contribution is 2.33. The van der Waals surface area contributed by atoms with E-state index in [1.165, 1.54) is 96.3 Å². The molecule has 1 aromatic rings. The van der Waals surface area contributed by atoms with Crippen molar-refractivity contribution in [2.45, 2.75) is 123 Å². The molecule has 0 atom stereocenters. The largest absolute Gasteiger partial charge is 1.00 e. The number of unbranched alkanes of at least 4 members (excludes halogenated alkanes) is 9. The molecule has 0 spiro atoms. The van der Waals surface area contributed by atoms with E-state index < -0.39 is 0 Å². The van der Waals surface area contributed by atoms with Gasteiger partial charge < -0.3 is 17.7 Å². The molecule has 0 aliphatic heterocycles. The topological polar surface area (TPSA) is 16.6 Å². The average molecular weight is 422 g/mol. The van der Waals surface area contributed by atoms with E-state index in [1.807, 2.05) is 0 Å². The molecule has 0 unspecified atom stereocenters. The van der Waals surface area contributed by atoms with E-state index in [0.29, 0.717) is 0 Å². The molecule has 1 rings (SSSR count). The lowest BCUT2D eigenvalue weighted by atomic mass is 9.77. The molecule has 168 valence electrons. The molecule has 2 heteroatoms. The zero-order chi connectivity index (χ0) is 20.5. The van der Waals surface area contributed by atoms with Gasteiger partial charge in [0.05, 0.1) is 6.20 Å². The van der Waals surface area contributed by atoms with Crippen LogP contribution in [0.1, 0.15) is 122 Å². The van der Waals surface area contributed by atoms with E-state index in [4.69, 9.17) is 0 Å². The lowest BCUT2D eigenvalue weighted by molar-refractivity contribution is -0.681. The molecular formula is C27H48ClN. The molecule has 0 radical (unpaired) electrons. The van der Waals surface area contributed by atoms with Crippen LogP contribution in [0.3, 0.4) is 0 Å². The third-order valence-electron chi connectivity index (χ3n) is 6.24. The third-order valence-corrected chi connectivity index (χ3v) is 6.24. The fourth-order valence-corrected chi connectivity index (χ4v) is 4.58. The van der Waals surface area contributed by atoms with E-state index in [9.17, 15) is 0 Å². The lowest BCUT2D eigenvalue weighted by Crippen LogP contribution is -3.00. The van der Waals surface area contributed by atoms with Crippen molar-refractivity contribution in [3.8, 4) is 0 Å². The summed E-state index contributed by atoms with van der Waals surface area (Å²) in [5.41, 5.74) is 3.37. The van der Waals surface area contributed by atoms with Crippen molar-refractivity contribution >= 4 is 0 Å². The van der Waals surface area contributed by atoms with Gasteiger partial charge in [-0.05, 0) is 37.8 Å². The van der Waals surface area contributed by atoms with Crippen molar-refractivity contribution in [1.29, 1.82) is 0 Å². The van der Waals surface area contributed by atoms with Gasteiger partial charge in [0, 0.05) is 18.4 Å². The summed E-state index contributed by atoms with van der Waals surface area (Å²) in [5, 5.41) is 2.45. The first-order valence-corrected chi connectivity index (χ1v) is 12.3. The second-order valence-electron chi connectivity index (χ2n) is 8.65. The Balaban J connectivity index is 0.00000784. The Bertz CT molecular complexity index is 499. The van der Waals surface area contributed by atoms with Crippen LogP contribution in [0.5, 0.6) is 0 Å². The number of benzene rings is 1. The maximum Gasteiger partial charge on any atom is 0.126 e. The van der Waals surface area contributed by atoms with Crippen LogP contribution in [0, 0.1) is 0 Å². The number of quaternary nitrogens is 1. The molecule has 0 heterocycles. The summed E-state index contributed by atoms with van der Waals surface area (Å²) in [5.74, 6) is 0. The first kappa shape index (κ1) is 28.2. The highest BCUT2D eigenvalue weighted by Gasteiger charge is 2.35. The lowest BCUT2D eigenvalue weighted by Gasteiger charge is -2.33. The Hall–Kier alpha value is -0.790. The van der Waals surface area contributed by atoms with E-state index in [2.05, 4.69) is 63.1 Å². The van der Waals surface area contributed by atoms with Gasteiger partial charge in [0.1, 0.15) is 5.54 Å². The highest BCUT2D eigenvalue weighted by molar-refractivity contribution is 5.32. The summed E-state index contributed by atoms with van der Waals surface area (Å²) < 4.78 is 0. The van der Waals surface area contributed by atoms with Gasteiger partial charge in [-0.15, -0.1) is 0 Å². The summed E-state index contributed by atoms with van der Waals surface area (Å²) in [7, 11) is 0. The van der Waals surface area contributed by atoms with Crippen LogP contribution in [-0.2, 0) is 12.0 Å². The van der Waals surface area contributed by atoms with Crippen molar-refractivity contribution in [1.82, 2.24) is 0 Å². The molecule has 29 heavy (non-hydrogen) atoms. The van der Waals surface area contributed by atoms with Crippen LogP contribution in [0.2, 0.25) is 0 Å². The minimum absolute atomic E-state index is 0.